The number of hydrogen-bond donors (Lipinski definition) is 11. The van der Waals surface area contributed by atoms with Crippen LogP contribution in [0.1, 0.15) is 24.0 Å². The summed E-state index contributed by atoms with van der Waals surface area (Å²) in [6.07, 6.45) is -2.25. The Bertz CT molecular complexity index is 1540. The molecule has 6 amide bonds. The van der Waals surface area contributed by atoms with Crippen LogP contribution >= 0.6 is 0 Å². The molecule has 0 radical (unpaired) electrons. The number of nitrogens with one attached hydrogen (secondary N) is 5. The van der Waals surface area contributed by atoms with Gasteiger partial charge in [-0.1, -0.05) is 42.5 Å². The molecule has 50 heavy (non-hydrogen) atoms. The Hall–Kier alpha value is -6.08. The third-order valence-corrected chi connectivity index (χ3v) is 6.92. The highest BCUT2D eigenvalue weighted by Gasteiger charge is 2.33. The number of aliphatic hydroxyl groups excluding tert-OH is 1. The van der Waals surface area contributed by atoms with Crippen LogP contribution in [0.25, 0.3) is 0 Å². The number of rotatable bonds is 20. The molecule has 270 valence electrons. The van der Waals surface area contributed by atoms with Crippen molar-refractivity contribution in [2.45, 2.75) is 55.9 Å². The number of carbonyl (C=O) groups excluding carboxylic acids is 6. The molecule has 13 N–H and O–H groups in total. The van der Waals surface area contributed by atoms with Crippen molar-refractivity contribution in [1.82, 2.24) is 26.6 Å². The van der Waals surface area contributed by atoms with Crippen molar-refractivity contribution in [2.75, 3.05) is 13.2 Å². The van der Waals surface area contributed by atoms with E-state index in [-0.39, 0.29) is 18.6 Å². The van der Waals surface area contributed by atoms with Crippen molar-refractivity contribution in [2.24, 2.45) is 11.5 Å². The van der Waals surface area contributed by atoms with Gasteiger partial charge < -0.3 is 58.5 Å². The summed E-state index contributed by atoms with van der Waals surface area (Å²) in [7, 11) is 0. The van der Waals surface area contributed by atoms with Gasteiger partial charge in [0.2, 0.25) is 35.4 Å². The number of nitrogens with two attached hydrogens (primary N) is 2. The number of carbonyl (C=O) groups is 8. The molecular formula is C31H39N7O12. The van der Waals surface area contributed by atoms with Crippen molar-refractivity contribution in [3.63, 3.8) is 0 Å². The standard InChI is InChI=1S/C31H39N7O12/c32-19(15-39)27(46)35-21(11-17-6-8-18(40)9-7-17)29(48)37-22(12-24(33)41)30(49)38-23(13-25(42)43)31(50)36-20(28(47)34-14-26(44)45)10-16-4-2-1-3-5-16/h1-9,19-23,39-40H,10-15,32H2,(H2,33,41)(H,34,47)(H,35,46)(H,36,50)(H,37,48)(H,38,49)(H,42,43)(H,44,45)/t19-,20-,21-,22-,23-/m0/s1. The molecule has 0 heterocycles. The van der Waals surface area contributed by atoms with E-state index in [1.165, 1.54) is 24.3 Å². The van der Waals surface area contributed by atoms with Gasteiger partial charge in [-0.15, -0.1) is 0 Å². The lowest BCUT2D eigenvalue weighted by molar-refractivity contribution is -0.142. The number of carboxylic acid groups (broad SMARTS) is 2. The number of aliphatic carboxylic acids is 2. The number of aromatic hydroxyl groups is 1. The van der Waals surface area contributed by atoms with Crippen LogP contribution < -0.4 is 38.1 Å². The number of benzene rings is 2. The Kier molecular flexibility index (Phi) is 15.8. The van der Waals surface area contributed by atoms with Gasteiger partial charge in [-0.3, -0.25) is 38.4 Å². The van der Waals surface area contributed by atoms with Gasteiger partial charge in [0.05, 0.1) is 19.4 Å². The Morgan fingerprint density at radius 2 is 1.06 bits per heavy atom. The van der Waals surface area contributed by atoms with Gasteiger partial charge in [-0.2, -0.15) is 0 Å². The molecule has 0 fully saturated rings. The molecule has 2 rings (SSSR count). The van der Waals surface area contributed by atoms with Crippen molar-refractivity contribution in [1.29, 1.82) is 0 Å². The molecule has 19 heteroatoms. The van der Waals surface area contributed by atoms with Crippen LogP contribution in [-0.2, 0) is 51.2 Å². The van der Waals surface area contributed by atoms with E-state index >= 15 is 0 Å². The third kappa shape index (κ3) is 14.0. The zero-order chi connectivity index (χ0) is 37.4. The monoisotopic (exact) mass is 701 g/mol. The van der Waals surface area contributed by atoms with E-state index in [9.17, 15) is 53.7 Å². The van der Waals surface area contributed by atoms with E-state index in [4.69, 9.17) is 16.6 Å². The lowest BCUT2D eigenvalue weighted by Crippen LogP contribution is -2.60. The SMILES string of the molecule is NC(=O)C[C@H](NC(=O)[C@H](Cc1ccc(O)cc1)NC(=O)[C@@H](N)CO)C(=O)N[C@@H](CC(=O)O)C(=O)N[C@@H](Cc1ccccc1)C(=O)NCC(=O)O. The average molecular weight is 702 g/mol. The average Bonchev–Trinajstić information content (AvgIpc) is 3.06. The topological polar surface area (TPSA) is 330 Å². The number of amides is 6. The van der Waals surface area contributed by atoms with Gasteiger partial charge in [0, 0.05) is 12.8 Å². The predicted octanol–water partition coefficient (Wildman–Crippen LogP) is -4.01. The van der Waals surface area contributed by atoms with Crippen LogP contribution in [0.2, 0.25) is 0 Å². The van der Waals surface area contributed by atoms with E-state index in [0.29, 0.717) is 11.1 Å². The fraction of sp³-hybridized carbons (Fsp3) is 0.355. The summed E-state index contributed by atoms with van der Waals surface area (Å²) in [5.41, 5.74) is 11.8. The summed E-state index contributed by atoms with van der Waals surface area (Å²) in [5, 5.41) is 48.4. The zero-order valence-electron chi connectivity index (χ0n) is 26.5. The van der Waals surface area contributed by atoms with E-state index in [1.54, 1.807) is 30.3 Å². The van der Waals surface area contributed by atoms with Crippen LogP contribution in [0.5, 0.6) is 5.75 Å². The van der Waals surface area contributed by atoms with Crippen molar-refractivity contribution < 1.29 is 58.8 Å². The van der Waals surface area contributed by atoms with Crippen molar-refractivity contribution in [3.05, 3.63) is 65.7 Å². The Morgan fingerprint density at radius 3 is 1.56 bits per heavy atom. The molecule has 0 bridgehead atoms. The van der Waals surface area contributed by atoms with Crippen LogP contribution in [0.3, 0.4) is 0 Å². The van der Waals surface area contributed by atoms with Crippen molar-refractivity contribution >= 4 is 47.4 Å². The first-order valence-electron chi connectivity index (χ1n) is 15.0. The lowest BCUT2D eigenvalue weighted by atomic mass is 10.0. The molecule has 0 aliphatic carbocycles. The summed E-state index contributed by atoms with van der Waals surface area (Å²) >= 11 is 0. The Morgan fingerprint density at radius 1 is 0.600 bits per heavy atom. The van der Waals surface area contributed by atoms with Crippen LogP contribution in [0, 0.1) is 0 Å². The van der Waals surface area contributed by atoms with E-state index in [0.717, 1.165) is 0 Å². The van der Waals surface area contributed by atoms with Gasteiger partial charge >= 0.3 is 11.9 Å². The molecule has 0 aliphatic heterocycles. The summed E-state index contributed by atoms with van der Waals surface area (Å²) in [4.78, 5) is 99.9. The minimum Gasteiger partial charge on any atom is -0.508 e. The lowest BCUT2D eigenvalue weighted by Gasteiger charge is -2.26. The molecule has 0 saturated carbocycles. The second-order valence-corrected chi connectivity index (χ2v) is 11.0. The van der Waals surface area contributed by atoms with Crippen LogP contribution in [0.15, 0.2) is 54.6 Å². The van der Waals surface area contributed by atoms with Gasteiger partial charge in [-0.05, 0) is 23.3 Å². The summed E-state index contributed by atoms with van der Waals surface area (Å²) in [5.74, 6) is -9.45. The first-order chi connectivity index (χ1) is 23.6. The Labute approximate surface area is 284 Å². The number of aliphatic hydroxyl groups is 1. The molecule has 0 saturated heterocycles. The molecule has 0 aromatic heterocycles. The second kappa shape index (κ2) is 19.7. The quantitative estimate of drug-likeness (QED) is 0.0628. The predicted molar refractivity (Wildman–Crippen MR) is 171 cm³/mol. The highest BCUT2D eigenvalue weighted by Crippen LogP contribution is 2.12. The number of hydrogen-bond acceptors (Lipinski definition) is 11. The Balaban J connectivity index is 2.32. The molecule has 2 aromatic carbocycles. The number of primary amides is 1. The number of carboxylic acids is 2. The van der Waals surface area contributed by atoms with Gasteiger partial charge in [0.15, 0.2) is 0 Å². The normalized spacial score (nSPS) is 13.6. The van der Waals surface area contributed by atoms with Crippen LogP contribution in [0.4, 0.5) is 0 Å². The largest absolute Gasteiger partial charge is 0.508 e. The van der Waals surface area contributed by atoms with E-state index in [1.807, 2.05) is 0 Å². The maximum Gasteiger partial charge on any atom is 0.322 e. The fourth-order valence-corrected chi connectivity index (χ4v) is 4.39. The highest BCUT2D eigenvalue weighted by molar-refractivity contribution is 5.98. The van der Waals surface area contributed by atoms with Gasteiger partial charge in [0.25, 0.3) is 0 Å². The minimum atomic E-state index is -1.88. The second-order valence-electron chi connectivity index (χ2n) is 11.0. The van der Waals surface area contributed by atoms with Crippen LogP contribution in [-0.4, -0.2) is 111 Å². The number of phenols is 1. The number of phenolic OH excluding ortho intramolecular Hbond substituents is 1. The first kappa shape index (κ1) is 40.1. The summed E-state index contributed by atoms with van der Waals surface area (Å²) in [6.45, 7) is -1.56. The highest BCUT2D eigenvalue weighted by atomic mass is 16.4. The fourth-order valence-electron chi connectivity index (χ4n) is 4.39. The first-order valence-corrected chi connectivity index (χ1v) is 15.0. The minimum absolute atomic E-state index is 0.0912. The molecule has 19 nitrogen and oxygen atoms in total. The maximum atomic E-state index is 13.4. The molecule has 0 unspecified atom stereocenters. The molecular weight excluding hydrogens is 662 g/mol. The molecule has 0 spiro atoms. The van der Waals surface area contributed by atoms with E-state index < -0.39 is 104 Å². The van der Waals surface area contributed by atoms with E-state index in [2.05, 4.69) is 26.6 Å². The molecule has 5 atom stereocenters. The van der Waals surface area contributed by atoms with Crippen molar-refractivity contribution in [3.8, 4) is 5.75 Å². The maximum absolute atomic E-state index is 13.4. The van der Waals surface area contributed by atoms with Gasteiger partial charge in [-0.25, -0.2) is 0 Å². The molecule has 2 aromatic rings. The zero-order valence-corrected chi connectivity index (χ0v) is 26.5. The third-order valence-electron chi connectivity index (χ3n) is 6.92. The smallest absolute Gasteiger partial charge is 0.322 e. The summed E-state index contributed by atoms with van der Waals surface area (Å²) < 4.78 is 0. The summed E-state index contributed by atoms with van der Waals surface area (Å²) in [6, 6.07) is 5.69. The van der Waals surface area contributed by atoms with Gasteiger partial charge in [0.1, 0.15) is 42.5 Å². The molecule has 0 aliphatic rings.